The topological polar surface area (TPSA) is 58.9 Å². The van der Waals surface area contributed by atoms with Crippen LogP contribution in [0.3, 0.4) is 0 Å². The summed E-state index contributed by atoms with van der Waals surface area (Å²) in [6.45, 7) is 5.96. The van der Waals surface area contributed by atoms with Crippen LogP contribution in [0.1, 0.15) is 27.2 Å². The first-order valence-electron chi connectivity index (χ1n) is 5.56. The minimum absolute atomic E-state index is 0.393. The van der Waals surface area contributed by atoms with E-state index in [1.165, 1.54) is 0 Å². The van der Waals surface area contributed by atoms with E-state index in [2.05, 4.69) is 11.1 Å². The summed E-state index contributed by atoms with van der Waals surface area (Å²) in [4.78, 5) is 14.7. The molecule has 0 bridgehead atoms. The van der Waals surface area contributed by atoms with Gasteiger partial charge in [-0.15, -0.1) is 0 Å². The summed E-state index contributed by atoms with van der Waals surface area (Å²) in [6, 6.07) is 7.80. The largest absolute Gasteiger partial charge is 0.366 e. The van der Waals surface area contributed by atoms with Crippen molar-refractivity contribution in [3.63, 3.8) is 0 Å². The lowest BCUT2D eigenvalue weighted by atomic mass is 9.99. The fourth-order valence-corrected chi connectivity index (χ4v) is 2.09. The predicted octanol–water partition coefficient (Wildman–Crippen LogP) is 2.71. The summed E-state index contributed by atoms with van der Waals surface area (Å²) in [5.41, 5.74) is 11.1. The minimum atomic E-state index is -0.393. The molecule has 3 nitrogen and oxygen atoms in total. The molecule has 0 aliphatic rings. The van der Waals surface area contributed by atoms with Crippen LogP contribution in [0.2, 0.25) is 0 Å². The molecule has 0 saturated carbocycles. The third-order valence-electron chi connectivity index (χ3n) is 2.86. The highest BCUT2D eigenvalue weighted by Gasteiger charge is 2.13. The van der Waals surface area contributed by atoms with Gasteiger partial charge in [-0.3, -0.25) is 4.79 Å². The highest BCUT2D eigenvalue weighted by molar-refractivity contribution is 6.00. The molecule has 0 aliphatic carbocycles. The third-order valence-corrected chi connectivity index (χ3v) is 2.86. The molecule has 3 heteroatoms. The molecule has 3 N–H and O–H groups in total. The predicted molar refractivity (Wildman–Crippen MR) is 69.0 cm³/mol. The molecular weight excluding hydrogens is 212 g/mol. The third kappa shape index (κ3) is 2.09. The van der Waals surface area contributed by atoms with Gasteiger partial charge in [0.05, 0.1) is 0 Å². The Hall–Kier alpha value is -2.03. The SMILES string of the molecule is Cc1ccc(-c2[nH]c(C)cc2C)c(C(N)=O)c1. The van der Waals surface area contributed by atoms with E-state index in [-0.39, 0.29) is 0 Å². The van der Waals surface area contributed by atoms with Crippen molar-refractivity contribution in [1.82, 2.24) is 4.98 Å². The number of rotatable bonds is 2. The van der Waals surface area contributed by atoms with Gasteiger partial charge in [0.25, 0.3) is 0 Å². The Bertz CT molecular complexity index is 582. The number of amides is 1. The van der Waals surface area contributed by atoms with Crippen LogP contribution < -0.4 is 5.73 Å². The lowest BCUT2D eigenvalue weighted by Gasteiger charge is -2.07. The number of primary amides is 1. The van der Waals surface area contributed by atoms with Gasteiger partial charge >= 0.3 is 0 Å². The number of carbonyl (C=O) groups excluding carboxylic acids is 1. The van der Waals surface area contributed by atoms with Crippen molar-refractivity contribution in [3.05, 3.63) is 46.6 Å². The van der Waals surface area contributed by atoms with E-state index in [0.717, 1.165) is 28.1 Å². The molecule has 2 rings (SSSR count). The monoisotopic (exact) mass is 228 g/mol. The molecule has 0 unspecified atom stereocenters. The molecule has 1 heterocycles. The summed E-state index contributed by atoms with van der Waals surface area (Å²) >= 11 is 0. The standard InChI is InChI=1S/C14H16N2O/c1-8-4-5-11(12(6-8)14(15)17)13-9(2)7-10(3)16-13/h4-7,16H,1-3H3,(H2,15,17). The maximum absolute atomic E-state index is 11.5. The maximum Gasteiger partial charge on any atom is 0.249 e. The first-order valence-corrected chi connectivity index (χ1v) is 5.56. The van der Waals surface area contributed by atoms with Crippen LogP contribution in [-0.4, -0.2) is 10.9 Å². The number of hydrogen-bond acceptors (Lipinski definition) is 1. The second kappa shape index (κ2) is 4.09. The van der Waals surface area contributed by atoms with Gasteiger partial charge in [-0.25, -0.2) is 0 Å². The van der Waals surface area contributed by atoms with Crippen molar-refractivity contribution >= 4 is 5.91 Å². The van der Waals surface area contributed by atoms with Crippen LogP contribution in [-0.2, 0) is 0 Å². The van der Waals surface area contributed by atoms with Gasteiger partial charge in [0.15, 0.2) is 0 Å². The Balaban J connectivity index is 2.67. The van der Waals surface area contributed by atoms with E-state index in [1.807, 2.05) is 39.0 Å². The molecule has 17 heavy (non-hydrogen) atoms. The lowest BCUT2D eigenvalue weighted by Crippen LogP contribution is -2.12. The molecule has 0 saturated heterocycles. The van der Waals surface area contributed by atoms with Gasteiger partial charge in [0.1, 0.15) is 0 Å². The molecule has 1 aromatic carbocycles. The zero-order chi connectivity index (χ0) is 12.6. The summed E-state index contributed by atoms with van der Waals surface area (Å²) in [5, 5.41) is 0. The van der Waals surface area contributed by atoms with Crippen molar-refractivity contribution in [2.75, 3.05) is 0 Å². The zero-order valence-corrected chi connectivity index (χ0v) is 10.3. The van der Waals surface area contributed by atoms with E-state index < -0.39 is 5.91 Å². The number of benzene rings is 1. The lowest BCUT2D eigenvalue weighted by molar-refractivity contribution is 0.100. The number of nitrogens with one attached hydrogen (secondary N) is 1. The van der Waals surface area contributed by atoms with E-state index in [4.69, 9.17) is 5.73 Å². The Kier molecular flexibility index (Phi) is 2.76. The van der Waals surface area contributed by atoms with Crippen LogP contribution in [0.25, 0.3) is 11.3 Å². The van der Waals surface area contributed by atoms with Crippen molar-refractivity contribution in [3.8, 4) is 11.3 Å². The molecule has 0 fully saturated rings. The van der Waals surface area contributed by atoms with Crippen LogP contribution >= 0.6 is 0 Å². The molecule has 2 aromatic rings. The highest BCUT2D eigenvalue weighted by Crippen LogP contribution is 2.27. The van der Waals surface area contributed by atoms with Gasteiger partial charge in [-0.05, 0) is 38.5 Å². The van der Waals surface area contributed by atoms with Gasteiger partial charge in [0.2, 0.25) is 5.91 Å². The summed E-state index contributed by atoms with van der Waals surface area (Å²) < 4.78 is 0. The fraction of sp³-hybridized carbons (Fsp3) is 0.214. The number of aromatic nitrogens is 1. The number of nitrogens with two attached hydrogens (primary N) is 1. The maximum atomic E-state index is 11.5. The highest BCUT2D eigenvalue weighted by atomic mass is 16.1. The zero-order valence-electron chi connectivity index (χ0n) is 10.3. The molecule has 1 amide bonds. The Morgan fingerprint density at radius 1 is 1.18 bits per heavy atom. The normalized spacial score (nSPS) is 10.5. The van der Waals surface area contributed by atoms with Crippen molar-refractivity contribution in [2.45, 2.75) is 20.8 Å². The van der Waals surface area contributed by atoms with Crippen LogP contribution in [0.15, 0.2) is 24.3 Å². The Morgan fingerprint density at radius 3 is 2.41 bits per heavy atom. The molecule has 0 radical (unpaired) electrons. The van der Waals surface area contributed by atoms with Crippen molar-refractivity contribution in [2.24, 2.45) is 5.73 Å². The average Bonchev–Trinajstić information content (AvgIpc) is 2.57. The van der Waals surface area contributed by atoms with Crippen molar-refractivity contribution in [1.29, 1.82) is 0 Å². The second-order valence-corrected chi connectivity index (χ2v) is 4.42. The van der Waals surface area contributed by atoms with E-state index in [9.17, 15) is 4.79 Å². The quantitative estimate of drug-likeness (QED) is 0.815. The molecule has 0 atom stereocenters. The molecule has 88 valence electrons. The molecule has 0 aliphatic heterocycles. The van der Waals surface area contributed by atoms with Gasteiger partial charge < -0.3 is 10.7 Å². The number of aryl methyl sites for hydroxylation is 3. The Labute approximate surface area is 101 Å². The van der Waals surface area contributed by atoms with E-state index in [1.54, 1.807) is 0 Å². The molecule has 1 aromatic heterocycles. The summed E-state index contributed by atoms with van der Waals surface area (Å²) in [7, 11) is 0. The molecule has 0 spiro atoms. The van der Waals surface area contributed by atoms with E-state index >= 15 is 0 Å². The molecular formula is C14H16N2O. The first kappa shape index (κ1) is 11.5. The smallest absolute Gasteiger partial charge is 0.249 e. The number of H-pyrrole nitrogens is 1. The first-order chi connectivity index (χ1) is 7.99. The average molecular weight is 228 g/mol. The van der Waals surface area contributed by atoms with Crippen LogP contribution in [0.5, 0.6) is 0 Å². The second-order valence-electron chi connectivity index (χ2n) is 4.42. The van der Waals surface area contributed by atoms with Crippen molar-refractivity contribution < 1.29 is 4.79 Å². The van der Waals surface area contributed by atoms with Crippen LogP contribution in [0.4, 0.5) is 0 Å². The van der Waals surface area contributed by atoms with E-state index in [0.29, 0.717) is 5.56 Å². The van der Waals surface area contributed by atoms with Gasteiger partial charge in [-0.2, -0.15) is 0 Å². The minimum Gasteiger partial charge on any atom is -0.366 e. The number of aromatic amines is 1. The van der Waals surface area contributed by atoms with Gasteiger partial charge in [-0.1, -0.05) is 17.7 Å². The van der Waals surface area contributed by atoms with Crippen LogP contribution in [0, 0.1) is 20.8 Å². The number of carbonyl (C=O) groups is 1. The fourth-order valence-electron chi connectivity index (χ4n) is 2.09. The number of hydrogen-bond donors (Lipinski definition) is 2. The van der Waals surface area contributed by atoms with Gasteiger partial charge in [0, 0.05) is 22.5 Å². The summed E-state index contributed by atoms with van der Waals surface area (Å²) in [6.07, 6.45) is 0. The summed E-state index contributed by atoms with van der Waals surface area (Å²) in [5.74, 6) is -0.393. The Morgan fingerprint density at radius 2 is 1.88 bits per heavy atom.